The Kier molecular flexibility index (Phi) is 6.33. The maximum absolute atomic E-state index is 13.5. The van der Waals surface area contributed by atoms with E-state index in [4.69, 9.17) is 4.74 Å². The minimum atomic E-state index is -0.309. The average Bonchev–Trinajstić information content (AvgIpc) is 2.71. The summed E-state index contributed by atoms with van der Waals surface area (Å²) >= 11 is 0. The lowest BCUT2D eigenvalue weighted by molar-refractivity contribution is 0.0288. The Hall–Kier alpha value is -2.13. The third-order valence-electron chi connectivity index (χ3n) is 6.15. The van der Waals surface area contributed by atoms with Crippen LogP contribution in [0.15, 0.2) is 55.2 Å². The zero-order valence-electron chi connectivity index (χ0n) is 16.5. The molecule has 1 spiro atoms. The standard InChI is InChI=1S/C24H31NO2/c1-4-9-19(5-2)10-8-17-25-16-7-6-14-24(25)15-13-20-18-21(27-3)11-12-22(20)23(24)26/h4-5,9,11-12,18H,1-2,6-8,10,13-17H2,3H3/b19-9+. The van der Waals surface area contributed by atoms with Crippen LogP contribution < -0.4 is 4.74 Å². The lowest BCUT2D eigenvalue weighted by Crippen LogP contribution is -2.59. The number of likely N-dealkylation sites (tertiary alicyclic amines) is 1. The molecule has 0 amide bonds. The molecule has 1 aliphatic heterocycles. The van der Waals surface area contributed by atoms with Gasteiger partial charge in [0.2, 0.25) is 0 Å². The van der Waals surface area contributed by atoms with Crippen LogP contribution in [0.1, 0.15) is 54.4 Å². The molecular formula is C24H31NO2. The molecule has 0 aromatic heterocycles. The van der Waals surface area contributed by atoms with Gasteiger partial charge < -0.3 is 4.74 Å². The van der Waals surface area contributed by atoms with Gasteiger partial charge in [-0.3, -0.25) is 9.69 Å². The number of rotatable bonds is 7. The molecule has 3 rings (SSSR count). The van der Waals surface area contributed by atoms with Gasteiger partial charge >= 0.3 is 0 Å². The van der Waals surface area contributed by atoms with Crippen LogP contribution in [0.5, 0.6) is 5.75 Å². The maximum atomic E-state index is 13.5. The molecule has 0 N–H and O–H groups in total. The first-order chi connectivity index (χ1) is 13.1. The van der Waals surface area contributed by atoms with Gasteiger partial charge in [-0.15, -0.1) is 0 Å². The van der Waals surface area contributed by atoms with E-state index < -0.39 is 0 Å². The minimum Gasteiger partial charge on any atom is -0.497 e. The Labute approximate surface area is 163 Å². The van der Waals surface area contributed by atoms with Crippen molar-refractivity contribution in [3.05, 3.63) is 66.3 Å². The number of ether oxygens (including phenoxy) is 1. The van der Waals surface area contributed by atoms with Gasteiger partial charge in [-0.1, -0.05) is 31.4 Å². The molecule has 1 heterocycles. The summed E-state index contributed by atoms with van der Waals surface area (Å²) in [5.41, 5.74) is 2.94. The zero-order chi connectivity index (χ0) is 19.3. The van der Waals surface area contributed by atoms with Crippen molar-refractivity contribution >= 4 is 5.78 Å². The number of nitrogens with zero attached hydrogens (tertiary/aromatic N) is 1. The fraction of sp³-hybridized carbons (Fsp3) is 0.458. The van der Waals surface area contributed by atoms with Gasteiger partial charge in [-0.05, 0) is 87.4 Å². The Morgan fingerprint density at radius 1 is 1.30 bits per heavy atom. The smallest absolute Gasteiger partial charge is 0.183 e. The van der Waals surface area contributed by atoms with Crippen molar-refractivity contribution in [2.75, 3.05) is 20.2 Å². The first-order valence-electron chi connectivity index (χ1n) is 10.1. The number of piperidine rings is 1. The third kappa shape index (κ3) is 3.93. The topological polar surface area (TPSA) is 29.5 Å². The second-order valence-electron chi connectivity index (χ2n) is 7.61. The van der Waals surface area contributed by atoms with E-state index in [0.29, 0.717) is 5.78 Å². The Morgan fingerprint density at radius 2 is 2.15 bits per heavy atom. The van der Waals surface area contributed by atoms with Crippen molar-refractivity contribution in [1.29, 1.82) is 0 Å². The third-order valence-corrected chi connectivity index (χ3v) is 6.15. The van der Waals surface area contributed by atoms with Crippen LogP contribution in [0.4, 0.5) is 0 Å². The fourth-order valence-corrected chi connectivity index (χ4v) is 4.67. The van der Waals surface area contributed by atoms with E-state index in [0.717, 1.165) is 68.5 Å². The molecule has 1 unspecified atom stereocenters. The molecule has 2 aliphatic rings. The molecule has 3 nitrogen and oxygen atoms in total. The summed E-state index contributed by atoms with van der Waals surface area (Å²) in [7, 11) is 1.68. The minimum absolute atomic E-state index is 0.309. The number of ketones is 1. The van der Waals surface area contributed by atoms with Gasteiger partial charge in [0.1, 0.15) is 5.75 Å². The molecule has 1 aliphatic carbocycles. The van der Waals surface area contributed by atoms with Gasteiger partial charge in [-0.25, -0.2) is 0 Å². The van der Waals surface area contributed by atoms with Crippen molar-refractivity contribution in [1.82, 2.24) is 4.90 Å². The lowest BCUT2D eigenvalue weighted by atomic mass is 9.71. The molecule has 1 atom stereocenters. The largest absolute Gasteiger partial charge is 0.497 e. The van der Waals surface area contributed by atoms with Crippen molar-refractivity contribution in [3.8, 4) is 5.75 Å². The maximum Gasteiger partial charge on any atom is 0.183 e. The van der Waals surface area contributed by atoms with Crippen LogP contribution in [0.3, 0.4) is 0 Å². The number of aryl methyl sites for hydroxylation is 1. The molecule has 0 bridgehead atoms. The second-order valence-corrected chi connectivity index (χ2v) is 7.61. The highest BCUT2D eigenvalue weighted by Crippen LogP contribution is 2.40. The first kappa shape index (κ1) is 19.6. The number of hydrogen-bond donors (Lipinski definition) is 0. The number of benzene rings is 1. The number of Topliss-reactive ketones (excluding diaryl/α,β-unsaturated/α-hetero) is 1. The van der Waals surface area contributed by atoms with Crippen LogP contribution in [0, 0.1) is 0 Å². The monoisotopic (exact) mass is 365 g/mol. The summed E-state index contributed by atoms with van der Waals surface area (Å²) < 4.78 is 5.34. The van der Waals surface area contributed by atoms with E-state index in [2.05, 4.69) is 18.1 Å². The first-order valence-corrected chi connectivity index (χ1v) is 10.1. The summed E-state index contributed by atoms with van der Waals surface area (Å²) in [5.74, 6) is 1.15. The van der Waals surface area contributed by atoms with Gasteiger partial charge in [0, 0.05) is 5.56 Å². The SMILES string of the molecule is C=C/C=C(\C=C)CCCN1CCCCC12CCc1cc(OC)ccc1C2=O. The van der Waals surface area contributed by atoms with E-state index >= 15 is 0 Å². The molecule has 1 saturated heterocycles. The van der Waals surface area contributed by atoms with Crippen LogP contribution >= 0.6 is 0 Å². The summed E-state index contributed by atoms with van der Waals surface area (Å²) in [5, 5.41) is 0. The van der Waals surface area contributed by atoms with E-state index in [1.807, 2.05) is 36.4 Å². The second kappa shape index (κ2) is 8.71. The number of carbonyl (C=O) groups is 1. The molecule has 0 radical (unpaired) electrons. The van der Waals surface area contributed by atoms with Crippen LogP contribution in [0.25, 0.3) is 0 Å². The molecular weight excluding hydrogens is 334 g/mol. The Bertz CT molecular complexity index is 749. The lowest BCUT2D eigenvalue weighted by Gasteiger charge is -2.48. The van der Waals surface area contributed by atoms with Crippen molar-refractivity contribution < 1.29 is 9.53 Å². The van der Waals surface area contributed by atoms with Gasteiger partial charge in [0.05, 0.1) is 12.6 Å². The zero-order valence-corrected chi connectivity index (χ0v) is 16.5. The van der Waals surface area contributed by atoms with Gasteiger partial charge in [0.25, 0.3) is 0 Å². The molecule has 1 fully saturated rings. The summed E-state index contributed by atoms with van der Waals surface area (Å²) in [6.45, 7) is 9.63. The number of hydrogen-bond acceptors (Lipinski definition) is 3. The highest BCUT2D eigenvalue weighted by molar-refractivity contribution is 6.05. The van der Waals surface area contributed by atoms with Crippen molar-refractivity contribution in [2.24, 2.45) is 0 Å². The predicted molar refractivity (Wildman–Crippen MR) is 112 cm³/mol. The van der Waals surface area contributed by atoms with Crippen LogP contribution in [-0.4, -0.2) is 36.4 Å². The molecule has 0 saturated carbocycles. The summed E-state index contributed by atoms with van der Waals surface area (Å²) in [6.07, 6.45) is 12.9. The van der Waals surface area contributed by atoms with Crippen LogP contribution in [-0.2, 0) is 6.42 Å². The predicted octanol–water partition coefficient (Wildman–Crippen LogP) is 5.13. The highest BCUT2D eigenvalue weighted by Gasteiger charge is 2.47. The van der Waals surface area contributed by atoms with Crippen LogP contribution in [0.2, 0.25) is 0 Å². The van der Waals surface area contributed by atoms with E-state index in [1.165, 1.54) is 12.0 Å². The van der Waals surface area contributed by atoms with Crippen molar-refractivity contribution in [3.63, 3.8) is 0 Å². The Balaban J connectivity index is 1.77. The van der Waals surface area contributed by atoms with E-state index in [-0.39, 0.29) is 5.54 Å². The van der Waals surface area contributed by atoms with E-state index in [1.54, 1.807) is 7.11 Å². The number of carbonyl (C=O) groups excluding carboxylic acids is 1. The Morgan fingerprint density at radius 3 is 2.89 bits per heavy atom. The number of allylic oxidation sites excluding steroid dienone is 4. The molecule has 3 heteroatoms. The van der Waals surface area contributed by atoms with Gasteiger partial charge in [-0.2, -0.15) is 0 Å². The number of methoxy groups -OCH3 is 1. The normalized spacial score (nSPS) is 23.1. The summed E-state index contributed by atoms with van der Waals surface area (Å²) in [6, 6.07) is 5.91. The van der Waals surface area contributed by atoms with Crippen molar-refractivity contribution in [2.45, 2.75) is 50.5 Å². The average molecular weight is 366 g/mol. The van der Waals surface area contributed by atoms with E-state index in [9.17, 15) is 4.79 Å². The molecule has 144 valence electrons. The highest BCUT2D eigenvalue weighted by atomic mass is 16.5. The quantitative estimate of drug-likeness (QED) is 0.628. The number of fused-ring (bicyclic) bond motifs is 1. The fourth-order valence-electron chi connectivity index (χ4n) is 4.67. The summed E-state index contributed by atoms with van der Waals surface area (Å²) in [4.78, 5) is 16.0. The molecule has 1 aromatic rings. The van der Waals surface area contributed by atoms with Gasteiger partial charge in [0.15, 0.2) is 5.78 Å². The molecule has 27 heavy (non-hydrogen) atoms. The molecule has 1 aromatic carbocycles.